The molecule has 0 unspecified atom stereocenters. The number of aromatic nitrogens is 4. The van der Waals surface area contributed by atoms with Crippen LogP contribution in [0.25, 0.3) is 27.8 Å². The van der Waals surface area contributed by atoms with E-state index in [9.17, 15) is 0 Å². The van der Waals surface area contributed by atoms with E-state index in [2.05, 4.69) is 32.6 Å². The molecule has 3 aromatic heterocycles. The van der Waals surface area contributed by atoms with Crippen molar-refractivity contribution >= 4 is 22.2 Å². The molecule has 0 aliphatic heterocycles. The van der Waals surface area contributed by atoms with E-state index in [1.807, 2.05) is 18.3 Å². The summed E-state index contributed by atoms with van der Waals surface area (Å²) in [5, 5.41) is 1.16. The Bertz CT molecular complexity index is 1040. The van der Waals surface area contributed by atoms with E-state index in [1.165, 1.54) is 0 Å². The third kappa shape index (κ3) is 2.14. The van der Waals surface area contributed by atoms with Crippen LogP contribution in [0.5, 0.6) is 0 Å². The summed E-state index contributed by atoms with van der Waals surface area (Å²) in [6, 6.07) is 10.3. The van der Waals surface area contributed by atoms with Gasteiger partial charge in [-0.15, -0.1) is 0 Å². The lowest BCUT2D eigenvalue weighted by atomic mass is 9.74. The van der Waals surface area contributed by atoms with Crippen molar-refractivity contribution in [2.24, 2.45) is 11.7 Å². The minimum atomic E-state index is 0.431. The highest BCUT2D eigenvalue weighted by Gasteiger charge is 2.33. The molecule has 1 aromatic carbocycles. The average molecular weight is 332 g/mol. The molecule has 5 rings (SSSR count). The molecular formula is C19H20N6. The van der Waals surface area contributed by atoms with Crippen LogP contribution in [0.4, 0.5) is 5.82 Å². The highest BCUT2D eigenvalue weighted by atomic mass is 15.1. The van der Waals surface area contributed by atoms with Crippen LogP contribution in [0.3, 0.4) is 0 Å². The third-order valence-corrected chi connectivity index (χ3v) is 5.33. The number of fused-ring (bicyclic) bond motifs is 2. The van der Waals surface area contributed by atoms with Crippen molar-refractivity contribution in [3.63, 3.8) is 0 Å². The summed E-state index contributed by atoms with van der Waals surface area (Å²) in [6.45, 7) is 0.748. The Balaban J connectivity index is 1.70. The molecule has 6 nitrogen and oxygen atoms in total. The molecule has 0 atom stereocenters. The molecule has 3 heterocycles. The van der Waals surface area contributed by atoms with Crippen molar-refractivity contribution in [2.75, 3.05) is 12.3 Å². The summed E-state index contributed by atoms with van der Waals surface area (Å²) >= 11 is 0. The zero-order valence-corrected chi connectivity index (χ0v) is 13.8. The van der Waals surface area contributed by atoms with E-state index in [0.717, 1.165) is 53.0 Å². The van der Waals surface area contributed by atoms with Gasteiger partial charge in [0, 0.05) is 29.2 Å². The number of anilines is 1. The van der Waals surface area contributed by atoms with Crippen LogP contribution in [0.15, 0.2) is 42.7 Å². The normalized spacial score (nSPS) is 20.2. The van der Waals surface area contributed by atoms with Crippen LogP contribution in [-0.2, 0) is 0 Å². The van der Waals surface area contributed by atoms with Gasteiger partial charge in [-0.25, -0.2) is 9.97 Å². The Morgan fingerprint density at radius 1 is 1.24 bits per heavy atom. The highest BCUT2D eigenvalue weighted by molar-refractivity contribution is 5.91. The molecule has 1 saturated carbocycles. The smallest absolute Gasteiger partial charge is 0.150 e. The van der Waals surface area contributed by atoms with Gasteiger partial charge in [-0.2, -0.15) is 0 Å². The Hall–Kier alpha value is -2.86. The van der Waals surface area contributed by atoms with E-state index in [4.69, 9.17) is 16.5 Å². The Labute approximate surface area is 144 Å². The van der Waals surface area contributed by atoms with Gasteiger partial charge in [0.05, 0.1) is 5.69 Å². The van der Waals surface area contributed by atoms with Gasteiger partial charge in [-0.1, -0.05) is 18.2 Å². The summed E-state index contributed by atoms with van der Waals surface area (Å²) in [5.41, 5.74) is 15.8. The summed E-state index contributed by atoms with van der Waals surface area (Å²) in [7, 11) is 0. The monoisotopic (exact) mass is 332 g/mol. The second-order valence-electron chi connectivity index (χ2n) is 6.89. The van der Waals surface area contributed by atoms with Crippen LogP contribution >= 0.6 is 0 Å². The molecule has 126 valence electrons. The van der Waals surface area contributed by atoms with Crippen molar-refractivity contribution in [3.8, 4) is 11.4 Å². The molecule has 0 spiro atoms. The molecule has 6 heteroatoms. The predicted molar refractivity (Wildman–Crippen MR) is 99.2 cm³/mol. The van der Waals surface area contributed by atoms with Crippen LogP contribution < -0.4 is 11.5 Å². The molecule has 1 aliphatic carbocycles. The molecule has 0 bridgehead atoms. The van der Waals surface area contributed by atoms with Gasteiger partial charge in [-0.05, 0) is 37.4 Å². The van der Waals surface area contributed by atoms with Gasteiger partial charge in [-0.3, -0.25) is 4.40 Å². The number of hydrogen-bond donors (Lipinski definition) is 3. The summed E-state index contributed by atoms with van der Waals surface area (Å²) < 4.78 is 2.10. The average Bonchev–Trinajstić information content (AvgIpc) is 3.16. The number of para-hydroxylation sites is 1. The van der Waals surface area contributed by atoms with Crippen LogP contribution in [0.2, 0.25) is 0 Å². The van der Waals surface area contributed by atoms with E-state index < -0.39 is 0 Å². The number of aromatic amines is 1. The molecule has 0 saturated heterocycles. The molecule has 5 N–H and O–H groups in total. The van der Waals surface area contributed by atoms with Gasteiger partial charge < -0.3 is 16.5 Å². The number of benzene rings is 1. The van der Waals surface area contributed by atoms with Crippen molar-refractivity contribution in [1.29, 1.82) is 0 Å². The van der Waals surface area contributed by atoms with E-state index in [0.29, 0.717) is 17.7 Å². The first kappa shape index (κ1) is 14.5. The van der Waals surface area contributed by atoms with Gasteiger partial charge in [0.15, 0.2) is 0 Å². The van der Waals surface area contributed by atoms with Gasteiger partial charge in [0.2, 0.25) is 0 Å². The van der Waals surface area contributed by atoms with Crippen LogP contribution in [0.1, 0.15) is 24.6 Å². The van der Waals surface area contributed by atoms with Crippen LogP contribution in [0, 0.1) is 5.92 Å². The Morgan fingerprint density at radius 3 is 2.88 bits per heavy atom. The maximum absolute atomic E-state index is 6.21. The highest BCUT2D eigenvalue weighted by Crippen LogP contribution is 2.42. The number of H-pyrrole nitrogens is 1. The van der Waals surface area contributed by atoms with Crippen molar-refractivity contribution < 1.29 is 0 Å². The molecule has 25 heavy (non-hydrogen) atoms. The maximum atomic E-state index is 6.21. The largest absolute Gasteiger partial charge is 0.382 e. The molecule has 1 fully saturated rings. The minimum absolute atomic E-state index is 0.431. The predicted octanol–water partition coefficient (Wildman–Crippen LogP) is 2.91. The second-order valence-corrected chi connectivity index (χ2v) is 6.89. The first-order valence-electron chi connectivity index (χ1n) is 8.65. The molecule has 4 aromatic rings. The quantitative estimate of drug-likeness (QED) is 0.537. The minimum Gasteiger partial charge on any atom is -0.382 e. The van der Waals surface area contributed by atoms with Crippen molar-refractivity contribution in [1.82, 2.24) is 19.4 Å². The maximum Gasteiger partial charge on any atom is 0.150 e. The van der Waals surface area contributed by atoms with E-state index in [1.54, 1.807) is 6.20 Å². The lowest BCUT2D eigenvalue weighted by molar-refractivity contribution is 0.262. The first-order valence-corrected chi connectivity index (χ1v) is 8.65. The summed E-state index contributed by atoms with van der Waals surface area (Å²) in [4.78, 5) is 12.7. The molecule has 0 radical (unpaired) electrons. The summed E-state index contributed by atoms with van der Waals surface area (Å²) in [6.07, 6.45) is 5.87. The van der Waals surface area contributed by atoms with E-state index >= 15 is 0 Å². The fraction of sp³-hybridized carbons (Fsp3) is 0.263. The Kier molecular flexibility index (Phi) is 3.08. The second kappa shape index (κ2) is 5.32. The SMILES string of the molecule is NCC1CC(c2nc(-c3cc4ccccc4[nH]3)c3c(N)nccn23)C1. The Morgan fingerprint density at radius 2 is 2.08 bits per heavy atom. The molecule has 0 amide bonds. The molecule has 1 aliphatic rings. The van der Waals surface area contributed by atoms with Gasteiger partial charge in [0.25, 0.3) is 0 Å². The number of nitrogens with two attached hydrogens (primary N) is 2. The third-order valence-electron chi connectivity index (χ3n) is 5.33. The van der Waals surface area contributed by atoms with Gasteiger partial charge in [0.1, 0.15) is 22.9 Å². The number of hydrogen-bond acceptors (Lipinski definition) is 4. The fourth-order valence-corrected chi connectivity index (χ4v) is 3.90. The van der Waals surface area contributed by atoms with E-state index in [-0.39, 0.29) is 0 Å². The number of imidazole rings is 1. The lowest BCUT2D eigenvalue weighted by Gasteiger charge is -2.33. The number of nitrogen functional groups attached to an aromatic ring is 1. The van der Waals surface area contributed by atoms with Crippen molar-refractivity contribution in [3.05, 3.63) is 48.5 Å². The number of nitrogens with zero attached hydrogens (tertiary/aromatic N) is 3. The number of nitrogens with one attached hydrogen (secondary N) is 1. The van der Waals surface area contributed by atoms with Crippen molar-refractivity contribution in [2.45, 2.75) is 18.8 Å². The van der Waals surface area contributed by atoms with Gasteiger partial charge >= 0.3 is 0 Å². The zero-order valence-electron chi connectivity index (χ0n) is 13.8. The standard InChI is InChI=1S/C19H20N6/c20-10-11-7-13(8-11)19-24-16(17-18(21)22-5-6-25(17)19)15-9-12-3-1-2-4-14(12)23-15/h1-6,9,11,13,23H,7-8,10,20H2,(H2,21,22). The lowest BCUT2D eigenvalue weighted by Crippen LogP contribution is -2.29. The first-order chi connectivity index (χ1) is 12.2. The molecular weight excluding hydrogens is 312 g/mol. The zero-order chi connectivity index (χ0) is 17.0. The fourth-order valence-electron chi connectivity index (χ4n) is 3.90. The topological polar surface area (TPSA) is 98.0 Å². The summed E-state index contributed by atoms with van der Waals surface area (Å²) in [5.74, 6) is 2.60. The van der Waals surface area contributed by atoms with Crippen LogP contribution in [-0.4, -0.2) is 25.9 Å². The number of rotatable bonds is 3.